The second-order valence-electron chi connectivity index (χ2n) is 4.51. The summed E-state index contributed by atoms with van der Waals surface area (Å²) in [5, 5.41) is 4.74. The summed E-state index contributed by atoms with van der Waals surface area (Å²) in [7, 11) is 0. The second kappa shape index (κ2) is 6.47. The molecule has 0 spiro atoms. The van der Waals surface area contributed by atoms with Gasteiger partial charge in [-0.2, -0.15) is 0 Å². The Morgan fingerprint density at radius 2 is 1.94 bits per heavy atom. The summed E-state index contributed by atoms with van der Waals surface area (Å²) >= 11 is 15.9. The monoisotopic (exact) mass is 350 g/mol. The third-order valence-corrected chi connectivity index (χ3v) is 5.10. The van der Waals surface area contributed by atoms with Crippen LogP contribution >= 0.6 is 39.1 Å². The fourth-order valence-electron chi connectivity index (χ4n) is 2.37. The van der Waals surface area contributed by atoms with Crippen LogP contribution in [0, 0.1) is 0 Å². The van der Waals surface area contributed by atoms with Gasteiger partial charge in [-0.05, 0) is 47.4 Å². The maximum absolute atomic E-state index is 6.31. The van der Waals surface area contributed by atoms with Crippen LogP contribution in [-0.4, -0.2) is 25.7 Å². The van der Waals surface area contributed by atoms with Crippen LogP contribution in [-0.2, 0) is 0 Å². The smallest absolute Gasteiger partial charge is 0.0837 e. The molecular weight excluding hydrogens is 335 g/mol. The molecule has 1 saturated heterocycles. The van der Waals surface area contributed by atoms with Crippen molar-refractivity contribution >= 4 is 44.8 Å². The van der Waals surface area contributed by atoms with Crippen LogP contribution in [0.4, 0.5) is 5.69 Å². The van der Waals surface area contributed by atoms with Crippen molar-refractivity contribution in [2.75, 3.05) is 24.5 Å². The molecule has 0 radical (unpaired) electrons. The van der Waals surface area contributed by atoms with Crippen molar-refractivity contribution in [1.82, 2.24) is 5.32 Å². The van der Waals surface area contributed by atoms with E-state index in [-0.39, 0.29) is 0 Å². The van der Waals surface area contributed by atoms with Gasteiger partial charge in [0.2, 0.25) is 0 Å². The van der Waals surface area contributed by atoms with Crippen molar-refractivity contribution < 1.29 is 0 Å². The Bertz CT molecular complexity index is 418. The summed E-state index contributed by atoms with van der Waals surface area (Å²) in [4.78, 5) is 2.31. The van der Waals surface area contributed by atoms with E-state index in [9.17, 15) is 0 Å². The number of nitrogens with one attached hydrogen (secondary N) is 1. The minimum absolute atomic E-state index is 0.600. The molecule has 1 aromatic carbocycles. The number of halogens is 3. The van der Waals surface area contributed by atoms with Crippen molar-refractivity contribution in [2.45, 2.75) is 25.8 Å². The van der Waals surface area contributed by atoms with Crippen molar-refractivity contribution in [3.05, 3.63) is 26.7 Å². The predicted octanol–water partition coefficient (Wildman–Crippen LogP) is 4.33. The lowest BCUT2D eigenvalue weighted by atomic mass is 10.0. The lowest BCUT2D eigenvalue weighted by molar-refractivity contribution is 0.424. The van der Waals surface area contributed by atoms with Crippen LogP contribution in [0.15, 0.2) is 16.6 Å². The summed E-state index contributed by atoms with van der Waals surface area (Å²) in [5.41, 5.74) is 1.04. The quantitative estimate of drug-likeness (QED) is 0.815. The summed E-state index contributed by atoms with van der Waals surface area (Å²) in [6, 6.07) is 4.63. The normalized spacial score (nSPS) is 17.2. The molecular formula is C13H17BrCl2N2. The van der Waals surface area contributed by atoms with Crippen LogP contribution in [0.3, 0.4) is 0 Å². The summed E-state index contributed by atoms with van der Waals surface area (Å²) in [6.07, 6.45) is 2.30. The molecule has 1 aliphatic rings. The first-order chi connectivity index (χ1) is 8.63. The molecule has 100 valence electrons. The van der Waals surface area contributed by atoms with Crippen LogP contribution < -0.4 is 10.2 Å². The molecule has 0 aliphatic carbocycles. The van der Waals surface area contributed by atoms with Crippen LogP contribution in [0.5, 0.6) is 0 Å². The Morgan fingerprint density at radius 3 is 2.56 bits per heavy atom. The highest BCUT2D eigenvalue weighted by Crippen LogP contribution is 2.38. The molecule has 0 amide bonds. The molecule has 0 atom stereocenters. The Labute approximate surface area is 127 Å². The first-order valence-electron chi connectivity index (χ1n) is 6.25. The van der Waals surface area contributed by atoms with Crippen molar-refractivity contribution in [2.24, 2.45) is 0 Å². The van der Waals surface area contributed by atoms with E-state index in [1.807, 2.05) is 12.1 Å². The van der Waals surface area contributed by atoms with Gasteiger partial charge in [0.1, 0.15) is 0 Å². The van der Waals surface area contributed by atoms with Gasteiger partial charge in [-0.15, -0.1) is 0 Å². The number of piperidine rings is 1. The molecule has 2 nitrogen and oxygen atoms in total. The SMILES string of the molecule is CCNC1CCN(c2ccc(Br)c(Cl)c2Cl)CC1. The summed E-state index contributed by atoms with van der Waals surface area (Å²) in [6.45, 7) is 5.23. The van der Waals surface area contributed by atoms with Gasteiger partial charge < -0.3 is 10.2 Å². The summed E-state index contributed by atoms with van der Waals surface area (Å²) < 4.78 is 0.848. The Morgan fingerprint density at radius 1 is 1.28 bits per heavy atom. The highest BCUT2D eigenvalue weighted by Gasteiger charge is 2.21. The third kappa shape index (κ3) is 3.13. The third-order valence-electron chi connectivity index (χ3n) is 3.34. The molecule has 2 rings (SSSR count). The van der Waals surface area contributed by atoms with Gasteiger partial charge in [-0.1, -0.05) is 30.1 Å². The van der Waals surface area contributed by atoms with E-state index < -0.39 is 0 Å². The van der Waals surface area contributed by atoms with Crippen LogP contribution in [0.1, 0.15) is 19.8 Å². The minimum atomic E-state index is 0.600. The van der Waals surface area contributed by atoms with Gasteiger partial charge in [0.15, 0.2) is 0 Å². The first kappa shape index (κ1) is 14.4. The van der Waals surface area contributed by atoms with E-state index in [1.54, 1.807) is 0 Å². The van der Waals surface area contributed by atoms with Crippen molar-refractivity contribution in [1.29, 1.82) is 0 Å². The van der Waals surface area contributed by atoms with Gasteiger partial charge in [-0.25, -0.2) is 0 Å². The Balaban J connectivity index is 2.08. The van der Waals surface area contributed by atoms with Crippen LogP contribution in [0.2, 0.25) is 10.0 Å². The van der Waals surface area contributed by atoms with E-state index in [2.05, 4.69) is 33.1 Å². The predicted molar refractivity (Wildman–Crippen MR) is 83.1 cm³/mol. The van der Waals surface area contributed by atoms with E-state index >= 15 is 0 Å². The van der Waals surface area contributed by atoms with Crippen LogP contribution in [0.25, 0.3) is 0 Å². The van der Waals surface area contributed by atoms with Crippen molar-refractivity contribution in [3.63, 3.8) is 0 Å². The Kier molecular flexibility index (Phi) is 5.19. The van der Waals surface area contributed by atoms with Gasteiger partial charge >= 0.3 is 0 Å². The number of hydrogen-bond acceptors (Lipinski definition) is 2. The second-order valence-corrected chi connectivity index (χ2v) is 6.12. The van der Waals surface area contributed by atoms with E-state index in [0.29, 0.717) is 16.1 Å². The van der Waals surface area contributed by atoms with E-state index in [1.165, 1.54) is 0 Å². The highest BCUT2D eigenvalue weighted by atomic mass is 79.9. The highest BCUT2D eigenvalue weighted by molar-refractivity contribution is 9.10. The molecule has 0 unspecified atom stereocenters. The Hall–Kier alpha value is 0.0400. The molecule has 1 N–H and O–H groups in total. The number of anilines is 1. The molecule has 0 aromatic heterocycles. The molecule has 1 aromatic rings. The fraction of sp³-hybridized carbons (Fsp3) is 0.538. The number of nitrogens with zero attached hydrogens (tertiary/aromatic N) is 1. The molecule has 0 saturated carbocycles. The maximum atomic E-state index is 6.31. The lowest BCUT2D eigenvalue weighted by Gasteiger charge is -2.34. The van der Waals surface area contributed by atoms with Crippen molar-refractivity contribution in [3.8, 4) is 0 Å². The molecule has 1 fully saturated rings. The van der Waals surface area contributed by atoms with E-state index in [0.717, 1.165) is 42.6 Å². The zero-order valence-electron chi connectivity index (χ0n) is 10.3. The molecule has 1 heterocycles. The van der Waals surface area contributed by atoms with Gasteiger partial charge in [-0.3, -0.25) is 0 Å². The molecule has 18 heavy (non-hydrogen) atoms. The minimum Gasteiger partial charge on any atom is -0.370 e. The van der Waals surface area contributed by atoms with Gasteiger partial charge in [0, 0.05) is 23.6 Å². The zero-order valence-corrected chi connectivity index (χ0v) is 13.4. The number of benzene rings is 1. The number of rotatable bonds is 3. The molecule has 1 aliphatic heterocycles. The zero-order chi connectivity index (χ0) is 13.1. The van der Waals surface area contributed by atoms with E-state index in [4.69, 9.17) is 23.2 Å². The fourth-order valence-corrected chi connectivity index (χ4v) is 3.26. The average Bonchev–Trinajstić information content (AvgIpc) is 2.38. The average molecular weight is 352 g/mol. The van der Waals surface area contributed by atoms with Gasteiger partial charge in [0.05, 0.1) is 15.7 Å². The van der Waals surface area contributed by atoms with Gasteiger partial charge in [0.25, 0.3) is 0 Å². The maximum Gasteiger partial charge on any atom is 0.0837 e. The standard InChI is InChI=1S/C13H17BrCl2N2/c1-2-17-9-5-7-18(8-6-9)11-4-3-10(14)12(15)13(11)16/h3-4,9,17H,2,5-8H2,1H3. The number of hydrogen-bond donors (Lipinski definition) is 1. The molecule has 0 bridgehead atoms. The summed E-state index contributed by atoms with van der Waals surface area (Å²) in [5.74, 6) is 0. The topological polar surface area (TPSA) is 15.3 Å². The molecule has 5 heteroatoms. The lowest BCUT2D eigenvalue weighted by Crippen LogP contribution is -2.42. The first-order valence-corrected chi connectivity index (χ1v) is 7.80. The largest absolute Gasteiger partial charge is 0.370 e.